The molecule has 0 bridgehead atoms. The number of hydrogen-bond acceptors (Lipinski definition) is 4. The molecule has 2 saturated heterocycles. The Morgan fingerprint density at radius 1 is 1.30 bits per heavy atom. The molecule has 23 heavy (non-hydrogen) atoms. The monoisotopic (exact) mass is 381 g/mol. The van der Waals surface area contributed by atoms with Crippen LogP contribution in [0.5, 0.6) is 5.75 Å². The van der Waals surface area contributed by atoms with Crippen molar-refractivity contribution >= 4 is 33.8 Å². The first-order valence-electron chi connectivity index (χ1n) is 7.21. The molecular formula is C15H16BrN3O4. The van der Waals surface area contributed by atoms with Crippen molar-refractivity contribution in [2.45, 2.75) is 18.4 Å². The lowest BCUT2D eigenvalue weighted by atomic mass is 9.87. The Balaban J connectivity index is 1.74. The van der Waals surface area contributed by atoms with E-state index in [4.69, 9.17) is 4.74 Å². The third-order valence-electron chi connectivity index (χ3n) is 4.32. The van der Waals surface area contributed by atoms with E-state index in [9.17, 15) is 14.4 Å². The van der Waals surface area contributed by atoms with Crippen molar-refractivity contribution in [2.75, 3.05) is 20.2 Å². The number of carbonyl (C=O) groups excluding carboxylic acids is 3. The van der Waals surface area contributed by atoms with E-state index in [0.29, 0.717) is 41.7 Å². The van der Waals surface area contributed by atoms with Crippen molar-refractivity contribution in [2.24, 2.45) is 0 Å². The molecule has 2 N–H and O–H groups in total. The third kappa shape index (κ3) is 2.78. The number of urea groups is 1. The Bertz CT molecular complexity index is 683. The maximum atomic E-state index is 12.7. The molecule has 0 unspecified atom stereocenters. The van der Waals surface area contributed by atoms with Crippen LogP contribution in [0.2, 0.25) is 0 Å². The van der Waals surface area contributed by atoms with Gasteiger partial charge in [-0.05, 0) is 47.0 Å². The summed E-state index contributed by atoms with van der Waals surface area (Å²) >= 11 is 3.38. The summed E-state index contributed by atoms with van der Waals surface area (Å²) in [6.45, 7) is 0.798. The van der Waals surface area contributed by atoms with Gasteiger partial charge in [-0.3, -0.25) is 14.9 Å². The van der Waals surface area contributed by atoms with Crippen molar-refractivity contribution in [3.8, 4) is 5.75 Å². The Hall–Kier alpha value is -2.09. The van der Waals surface area contributed by atoms with E-state index >= 15 is 0 Å². The molecule has 2 heterocycles. The van der Waals surface area contributed by atoms with Crippen LogP contribution in [-0.2, 0) is 4.79 Å². The highest BCUT2D eigenvalue weighted by atomic mass is 79.9. The van der Waals surface area contributed by atoms with E-state index in [-0.39, 0.29) is 11.8 Å². The van der Waals surface area contributed by atoms with Gasteiger partial charge in [0.15, 0.2) is 0 Å². The van der Waals surface area contributed by atoms with E-state index in [2.05, 4.69) is 26.6 Å². The van der Waals surface area contributed by atoms with Gasteiger partial charge >= 0.3 is 6.03 Å². The van der Waals surface area contributed by atoms with E-state index in [0.717, 1.165) is 0 Å². The number of nitrogens with one attached hydrogen (secondary N) is 2. The summed E-state index contributed by atoms with van der Waals surface area (Å²) in [7, 11) is 1.55. The molecule has 7 nitrogen and oxygen atoms in total. The minimum absolute atomic E-state index is 0.129. The standard InChI is InChI=1S/C15H16BrN3O4/c1-23-9-2-3-11(16)10(8-9)12(20)19-6-4-15(5-7-19)13(21)17-14(22)18-15/h2-3,8H,4-7H2,1H3,(H2,17,18,21,22). The second-order valence-electron chi connectivity index (χ2n) is 5.63. The zero-order chi connectivity index (χ0) is 16.6. The number of piperidine rings is 1. The summed E-state index contributed by atoms with van der Waals surface area (Å²) < 4.78 is 5.85. The molecule has 0 aliphatic carbocycles. The summed E-state index contributed by atoms with van der Waals surface area (Å²) in [4.78, 5) is 37.6. The second-order valence-corrected chi connectivity index (χ2v) is 6.48. The number of imide groups is 1. The highest BCUT2D eigenvalue weighted by Gasteiger charge is 2.48. The Labute approximate surface area is 141 Å². The first kappa shape index (κ1) is 15.8. The minimum atomic E-state index is -0.876. The van der Waals surface area contributed by atoms with Crippen LogP contribution in [0.15, 0.2) is 22.7 Å². The number of halogens is 1. The van der Waals surface area contributed by atoms with Crippen molar-refractivity contribution in [1.29, 1.82) is 0 Å². The maximum Gasteiger partial charge on any atom is 0.322 e. The normalized spacial score (nSPS) is 19.5. The van der Waals surface area contributed by atoms with Crippen molar-refractivity contribution in [1.82, 2.24) is 15.5 Å². The lowest BCUT2D eigenvalue weighted by molar-refractivity contribution is -0.125. The van der Waals surface area contributed by atoms with Gasteiger partial charge < -0.3 is 15.0 Å². The third-order valence-corrected chi connectivity index (χ3v) is 5.01. The number of carbonyl (C=O) groups is 3. The molecule has 2 aliphatic rings. The van der Waals surface area contributed by atoms with Crippen molar-refractivity contribution in [3.05, 3.63) is 28.2 Å². The Morgan fingerprint density at radius 2 is 2.00 bits per heavy atom. The predicted molar refractivity (Wildman–Crippen MR) is 85.2 cm³/mol. The minimum Gasteiger partial charge on any atom is -0.497 e. The van der Waals surface area contributed by atoms with Gasteiger partial charge in [-0.25, -0.2) is 4.79 Å². The second kappa shape index (κ2) is 5.84. The number of nitrogens with zero attached hydrogens (tertiary/aromatic N) is 1. The predicted octanol–water partition coefficient (Wildman–Crippen LogP) is 1.27. The van der Waals surface area contributed by atoms with Crippen LogP contribution >= 0.6 is 15.9 Å². The lowest BCUT2D eigenvalue weighted by Gasteiger charge is -2.37. The fourth-order valence-corrected chi connectivity index (χ4v) is 3.35. The fraction of sp³-hybridized carbons (Fsp3) is 0.400. The topological polar surface area (TPSA) is 87.7 Å². The zero-order valence-electron chi connectivity index (χ0n) is 12.5. The average Bonchev–Trinajstić information content (AvgIpc) is 2.81. The van der Waals surface area contributed by atoms with Crippen molar-refractivity contribution < 1.29 is 19.1 Å². The van der Waals surface area contributed by atoms with Gasteiger partial charge in [0.25, 0.3) is 11.8 Å². The maximum absolute atomic E-state index is 12.7. The summed E-state index contributed by atoms with van der Waals surface area (Å²) in [6, 6.07) is 4.75. The van der Waals surface area contributed by atoms with E-state index in [1.165, 1.54) is 0 Å². The van der Waals surface area contributed by atoms with E-state index in [1.807, 2.05) is 0 Å². The molecule has 0 aromatic heterocycles. The molecule has 1 spiro atoms. The fourth-order valence-electron chi connectivity index (χ4n) is 2.94. The van der Waals surface area contributed by atoms with Crippen LogP contribution in [-0.4, -0.2) is 48.5 Å². The first-order valence-corrected chi connectivity index (χ1v) is 8.01. The molecule has 122 valence electrons. The molecule has 1 aromatic rings. The summed E-state index contributed by atoms with van der Waals surface area (Å²) in [5.74, 6) is 0.167. The molecular weight excluding hydrogens is 366 g/mol. The lowest BCUT2D eigenvalue weighted by Crippen LogP contribution is -2.55. The largest absolute Gasteiger partial charge is 0.497 e. The van der Waals surface area contributed by atoms with Gasteiger partial charge in [-0.1, -0.05) is 0 Å². The van der Waals surface area contributed by atoms with Crippen LogP contribution in [0.1, 0.15) is 23.2 Å². The number of ether oxygens (including phenoxy) is 1. The number of methoxy groups -OCH3 is 1. The molecule has 0 atom stereocenters. The Kier molecular flexibility index (Phi) is 4.01. The molecule has 2 aliphatic heterocycles. The van der Waals surface area contributed by atoms with Crippen LogP contribution < -0.4 is 15.4 Å². The van der Waals surface area contributed by atoms with Gasteiger partial charge in [-0.15, -0.1) is 0 Å². The molecule has 0 saturated carbocycles. The molecule has 8 heteroatoms. The highest BCUT2D eigenvalue weighted by Crippen LogP contribution is 2.29. The van der Waals surface area contributed by atoms with E-state index < -0.39 is 11.6 Å². The number of rotatable bonds is 2. The van der Waals surface area contributed by atoms with Crippen molar-refractivity contribution in [3.63, 3.8) is 0 Å². The molecule has 2 fully saturated rings. The molecule has 3 rings (SSSR count). The van der Waals surface area contributed by atoms with Gasteiger partial charge in [0, 0.05) is 17.6 Å². The summed E-state index contributed by atoms with van der Waals surface area (Å²) in [6.07, 6.45) is 0.801. The van der Waals surface area contributed by atoms with Gasteiger partial charge in [0.2, 0.25) is 0 Å². The van der Waals surface area contributed by atoms with E-state index in [1.54, 1.807) is 30.2 Å². The van der Waals surface area contributed by atoms with Crippen LogP contribution in [0.25, 0.3) is 0 Å². The highest BCUT2D eigenvalue weighted by molar-refractivity contribution is 9.10. The number of amides is 4. The average molecular weight is 382 g/mol. The summed E-state index contributed by atoms with van der Waals surface area (Å²) in [5, 5.41) is 4.94. The molecule has 4 amide bonds. The van der Waals surface area contributed by atoms with Crippen LogP contribution in [0.3, 0.4) is 0 Å². The van der Waals surface area contributed by atoms with Crippen LogP contribution in [0, 0.1) is 0 Å². The van der Waals surface area contributed by atoms with Gasteiger partial charge in [-0.2, -0.15) is 0 Å². The first-order chi connectivity index (χ1) is 10.9. The van der Waals surface area contributed by atoms with Gasteiger partial charge in [0.05, 0.1) is 12.7 Å². The Morgan fingerprint density at radius 3 is 2.57 bits per heavy atom. The number of likely N-dealkylation sites (tertiary alicyclic amines) is 1. The smallest absolute Gasteiger partial charge is 0.322 e. The molecule has 0 radical (unpaired) electrons. The summed E-state index contributed by atoms with van der Waals surface area (Å²) in [5.41, 5.74) is -0.361. The quantitative estimate of drug-likeness (QED) is 0.755. The number of hydrogen-bond donors (Lipinski definition) is 2. The molecule has 1 aromatic carbocycles. The van der Waals surface area contributed by atoms with Gasteiger partial charge in [0.1, 0.15) is 11.3 Å². The number of benzene rings is 1. The SMILES string of the molecule is COc1ccc(Br)c(C(=O)N2CCC3(CC2)NC(=O)NC3=O)c1. The van der Waals surface area contributed by atoms with Crippen LogP contribution in [0.4, 0.5) is 4.79 Å². The zero-order valence-corrected chi connectivity index (χ0v) is 14.1.